The first-order valence-corrected chi connectivity index (χ1v) is 13.9. The largest absolute Gasteiger partial charge is 0.487 e. The number of methoxy groups -OCH3 is 1. The molecule has 2 aromatic carbocycles. The van der Waals surface area contributed by atoms with Gasteiger partial charge in [0.25, 0.3) is 5.56 Å². The Balaban J connectivity index is 1.18. The summed E-state index contributed by atoms with van der Waals surface area (Å²) in [5.41, 5.74) is 3.17. The number of aliphatic hydroxyl groups excluding tert-OH is 1. The van der Waals surface area contributed by atoms with Crippen molar-refractivity contribution in [1.82, 2.24) is 28.8 Å². The lowest BCUT2D eigenvalue weighted by Gasteiger charge is -2.40. The van der Waals surface area contributed by atoms with E-state index in [1.54, 1.807) is 48.5 Å². The first-order valence-electron chi connectivity index (χ1n) is 13.9. The number of β-amino-alcohol motifs (C(OH)–C–C–N with tert-alkyl or cyclic N) is 1. The van der Waals surface area contributed by atoms with Crippen LogP contribution < -0.4 is 10.3 Å². The van der Waals surface area contributed by atoms with Crippen LogP contribution in [0.25, 0.3) is 28.2 Å². The number of nitrogens with zero attached hydrogens (tertiary/aromatic N) is 7. The van der Waals surface area contributed by atoms with Crippen molar-refractivity contribution in [2.24, 2.45) is 0 Å². The maximum Gasteiger partial charge on any atom is 0.255 e. The van der Waals surface area contributed by atoms with Crippen LogP contribution in [0.4, 0.5) is 0 Å². The maximum atomic E-state index is 12.9. The highest BCUT2D eigenvalue weighted by atomic mass is 16.5. The molecule has 0 unspecified atom stereocenters. The van der Waals surface area contributed by atoms with Crippen molar-refractivity contribution in [1.29, 1.82) is 5.26 Å². The van der Waals surface area contributed by atoms with E-state index in [1.807, 2.05) is 28.7 Å². The minimum Gasteiger partial charge on any atom is -0.487 e. The third-order valence-corrected chi connectivity index (χ3v) is 7.95. The van der Waals surface area contributed by atoms with E-state index < -0.39 is 0 Å². The van der Waals surface area contributed by atoms with Gasteiger partial charge in [0, 0.05) is 44.6 Å². The highest BCUT2D eigenvalue weighted by Gasteiger charge is 2.35. The number of imidazole rings is 1. The molecule has 214 valence electrons. The molecule has 1 fully saturated rings. The van der Waals surface area contributed by atoms with Crippen LogP contribution in [0.15, 0.2) is 71.9 Å². The van der Waals surface area contributed by atoms with E-state index >= 15 is 0 Å². The van der Waals surface area contributed by atoms with Crippen LogP contribution in [-0.2, 0) is 11.3 Å². The van der Waals surface area contributed by atoms with Gasteiger partial charge in [-0.2, -0.15) is 5.26 Å². The van der Waals surface area contributed by atoms with E-state index in [2.05, 4.69) is 25.9 Å². The zero-order chi connectivity index (χ0) is 29.1. The maximum absolute atomic E-state index is 12.9. The summed E-state index contributed by atoms with van der Waals surface area (Å²) >= 11 is 0. The number of nitriles is 1. The summed E-state index contributed by atoms with van der Waals surface area (Å²) in [6, 6.07) is 16.7. The monoisotopic (exact) mass is 565 g/mol. The SMILES string of the molecule is COC1(COc2cnc(-c3cccc(Cn4c(=O)ccn5c6cc(C#N)ccc6nc45)c3)nc2)CCN(CCO)CC1. The van der Waals surface area contributed by atoms with Crippen LogP contribution in [0.3, 0.4) is 0 Å². The number of fused-ring (bicyclic) bond motifs is 3. The Labute approximate surface area is 242 Å². The van der Waals surface area contributed by atoms with Crippen molar-refractivity contribution < 1.29 is 14.6 Å². The molecule has 1 N–H and O–H groups in total. The number of likely N-dealkylation sites (tertiary alicyclic amines) is 1. The molecule has 0 atom stereocenters. The summed E-state index contributed by atoms with van der Waals surface area (Å²) in [7, 11) is 1.71. The van der Waals surface area contributed by atoms with Gasteiger partial charge in [-0.25, -0.2) is 15.0 Å². The summed E-state index contributed by atoms with van der Waals surface area (Å²) in [5.74, 6) is 1.61. The van der Waals surface area contributed by atoms with E-state index in [1.165, 1.54) is 6.07 Å². The molecule has 1 aliphatic heterocycles. The Morgan fingerprint density at radius 3 is 2.64 bits per heavy atom. The molecule has 0 amide bonds. The van der Waals surface area contributed by atoms with E-state index in [9.17, 15) is 15.2 Å². The first-order chi connectivity index (χ1) is 20.5. The highest BCUT2D eigenvalue weighted by Crippen LogP contribution is 2.27. The predicted molar refractivity (Wildman–Crippen MR) is 156 cm³/mol. The fourth-order valence-electron chi connectivity index (χ4n) is 5.44. The zero-order valence-electron chi connectivity index (χ0n) is 23.3. The Morgan fingerprint density at radius 2 is 1.90 bits per heavy atom. The molecular weight excluding hydrogens is 534 g/mol. The van der Waals surface area contributed by atoms with E-state index in [4.69, 9.17) is 9.47 Å². The molecule has 11 nitrogen and oxygen atoms in total. The van der Waals surface area contributed by atoms with Crippen LogP contribution in [0.2, 0.25) is 0 Å². The van der Waals surface area contributed by atoms with Gasteiger partial charge in [-0.3, -0.25) is 13.8 Å². The Kier molecular flexibility index (Phi) is 7.67. The minimum atomic E-state index is -0.376. The molecule has 1 saturated heterocycles. The molecule has 5 aromatic rings. The number of piperidine rings is 1. The lowest BCUT2D eigenvalue weighted by molar-refractivity contribution is -0.0840. The normalized spacial score (nSPS) is 15.2. The van der Waals surface area contributed by atoms with Gasteiger partial charge in [0.05, 0.1) is 48.2 Å². The molecule has 11 heteroatoms. The summed E-state index contributed by atoms with van der Waals surface area (Å²) in [6.45, 7) is 3.24. The fraction of sp³-hybridized carbons (Fsp3) is 0.323. The molecular formula is C31H31N7O4. The summed E-state index contributed by atoms with van der Waals surface area (Å²) in [4.78, 5) is 28.9. The molecule has 0 aliphatic carbocycles. The fourth-order valence-corrected chi connectivity index (χ4v) is 5.44. The van der Waals surface area contributed by atoms with Crippen LogP contribution >= 0.6 is 0 Å². The van der Waals surface area contributed by atoms with Gasteiger partial charge in [0.1, 0.15) is 12.2 Å². The van der Waals surface area contributed by atoms with Crippen molar-refractivity contribution in [2.75, 3.05) is 40.0 Å². The van der Waals surface area contributed by atoms with Crippen molar-refractivity contribution >= 4 is 16.8 Å². The molecule has 4 heterocycles. The number of aromatic nitrogens is 5. The van der Waals surface area contributed by atoms with Crippen molar-refractivity contribution in [3.63, 3.8) is 0 Å². The number of benzene rings is 2. The topological polar surface area (TPSA) is 131 Å². The smallest absolute Gasteiger partial charge is 0.255 e. The van der Waals surface area contributed by atoms with Crippen molar-refractivity contribution in [3.05, 3.63) is 88.6 Å². The van der Waals surface area contributed by atoms with Gasteiger partial charge in [0.15, 0.2) is 11.6 Å². The third kappa shape index (κ3) is 5.47. The van der Waals surface area contributed by atoms with E-state index in [0.717, 1.165) is 42.6 Å². The lowest BCUT2D eigenvalue weighted by atomic mass is 9.92. The molecule has 0 spiro atoms. The molecule has 0 bridgehead atoms. The van der Waals surface area contributed by atoms with Gasteiger partial charge in [-0.1, -0.05) is 18.2 Å². The first kappa shape index (κ1) is 27.5. The van der Waals surface area contributed by atoms with Crippen molar-refractivity contribution in [2.45, 2.75) is 25.0 Å². The summed E-state index contributed by atoms with van der Waals surface area (Å²) < 4.78 is 15.3. The average molecular weight is 566 g/mol. The summed E-state index contributed by atoms with van der Waals surface area (Å²) in [6.07, 6.45) is 6.66. The van der Waals surface area contributed by atoms with Gasteiger partial charge in [-0.15, -0.1) is 0 Å². The van der Waals surface area contributed by atoms with Gasteiger partial charge < -0.3 is 19.5 Å². The van der Waals surface area contributed by atoms with Crippen LogP contribution in [0.1, 0.15) is 24.0 Å². The van der Waals surface area contributed by atoms with Crippen LogP contribution in [-0.4, -0.2) is 79.5 Å². The standard InChI is InChI=1S/C31H31N7O4/c1-41-31(8-11-36(12-9-31)13-14-39)21-42-25-18-33-29(34-19-25)24-4-2-3-23(15-24)20-38-28(40)7-10-37-27-16-22(17-32)5-6-26(27)35-30(37)38/h2-7,10,15-16,18-19,39H,8-9,11-14,20-21H2,1H3. The van der Waals surface area contributed by atoms with Gasteiger partial charge in [0.2, 0.25) is 5.78 Å². The van der Waals surface area contributed by atoms with Gasteiger partial charge in [-0.05, 0) is 42.7 Å². The molecule has 42 heavy (non-hydrogen) atoms. The molecule has 6 rings (SSSR count). The van der Waals surface area contributed by atoms with Gasteiger partial charge >= 0.3 is 0 Å². The second-order valence-electron chi connectivity index (χ2n) is 10.5. The average Bonchev–Trinajstić information content (AvgIpc) is 3.41. The summed E-state index contributed by atoms with van der Waals surface area (Å²) in [5, 5.41) is 18.5. The number of hydrogen-bond donors (Lipinski definition) is 1. The van der Waals surface area contributed by atoms with E-state index in [-0.39, 0.29) is 17.8 Å². The molecule has 0 radical (unpaired) electrons. The second-order valence-corrected chi connectivity index (χ2v) is 10.5. The number of aliphatic hydroxyl groups is 1. The predicted octanol–water partition coefficient (Wildman–Crippen LogP) is 2.88. The second kappa shape index (κ2) is 11.7. The van der Waals surface area contributed by atoms with E-state index in [0.29, 0.717) is 48.1 Å². The Morgan fingerprint density at radius 1 is 1.10 bits per heavy atom. The highest BCUT2D eigenvalue weighted by molar-refractivity contribution is 5.81. The Hall–Kier alpha value is -4.63. The molecule has 3 aromatic heterocycles. The number of rotatable bonds is 9. The van der Waals surface area contributed by atoms with Crippen LogP contribution in [0, 0.1) is 11.3 Å². The molecule has 0 saturated carbocycles. The lowest BCUT2D eigenvalue weighted by Crippen LogP contribution is -2.49. The Bertz CT molecular complexity index is 1820. The van der Waals surface area contributed by atoms with Crippen LogP contribution in [0.5, 0.6) is 5.75 Å². The molecule has 1 aliphatic rings. The minimum absolute atomic E-state index is 0.157. The van der Waals surface area contributed by atoms with Crippen molar-refractivity contribution in [3.8, 4) is 23.2 Å². The zero-order valence-corrected chi connectivity index (χ0v) is 23.3. The quantitative estimate of drug-likeness (QED) is 0.287. The number of hydrogen-bond acceptors (Lipinski definition) is 9. The third-order valence-electron chi connectivity index (χ3n) is 7.95. The number of ether oxygens (including phenoxy) is 2.